The van der Waals surface area contributed by atoms with Crippen molar-refractivity contribution in [2.45, 2.75) is 0 Å². The number of nitro groups is 1. The lowest BCUT2D eigenvalue weighted by Crippen LogP contribution is -2.23. The van der Waals surface area contributed by atoms with Crippen molar-refractivity contribution in [3.8, 4) is 16.9 Å². The third-order valence-corrected chi connectivity index (χ3v) is 4.01. The zero-order valence-electron chi connectivity index (χ0n) is 12.1. The predicted molar refractivity (Wildman–Crippen MR) is 94.1 cm³/mol. The van der Waals surface area contributed by atoms with Gasteiger partial charge < -0.3 is 0 Å². The molecule has 120 valence electrons. The molecule has 0 radical (unpaired) electrons. The number of hydrogen-bond acceptors (Lipinski definition) is 3. The lowest BCUT2D eigenvalue weighted by molar-refractivity contribution is -0.386. The molecule has 0 unspecified atom stereocenters. The zero-order chi connectivity index (χ0) is 17.3. The normalized spacial score (nSPS) is 10.6. The molecule has 0 aliphatic carbocycles. The maximum atomic E-state index is 12.7. The largest absolute Gasteiger partial charge is 0.352 e. The van der Waals surface area contributed by atoms with Gasteiger partial charge in [-0.15, -0.1) is 0 Å². The predicted octanol–water partition coefficient (Wildman–Crippen LogP) is 4.72. The number of hydrogen-bond donors (Lipinski definition) is 0. The molecule has 0 aliphatic heterocycles. The Labute approximate surface area is 146 Å². The standard InChI is InChI=1S/C17H10Cl2N2O3/c18-12-6-8-13(9-7-12)20-15(11-4-2-1-3-5-11)10-14(19)16(17(20)22)21(23)24/h1-10H. The van der Waals surface area contributed by atoms with Crippen molar-refractivity contribution >= 4 is 28.9 Å². The molecule has 0 spiro atoms. The summed E-state index contributed by atoms with van der Waals surface area (Å²) < 4.78 is 1.26. The molecule has 2 aromatic carbocycles. The smallest absolute Gasteiger partial charge is 0.271 e. The van der Waals surface area contributed by atoms with Gasteiger partial charge in [0.15, 0.2) is 0 Å². The lowest BCUT2D eigenvalue weighted by atomic mass is 10.1. The Morgan fingerprint density at radius 1 is 0.958 bits per heavy atom. The quantitative estimate of drug-likeness (QED) is 0.501. The molecule has 0 N–H and O–H groups in total. The minimum atomic E-state index is -0.798. The van der Waals surface area contributed by atoms with E-state index < -0.39 is 16.2 Å². The molecule has 3 aromatic rings. The maximum Gasteiger partial charge on any atom is 0.352 e. The van der Waals surface area contributed by atoms with E-state index in [1.165, 1.54) is 10.6 Å². The number of rotatable bonds is 3. The summed E-state index contributed by atoms with van der Waals surface area (Å²) in [5.74, 6) is 0. The maximum absolute atomic E-state index is 12.7. The van der Waals surface area contributed by atoms with E-state index in [4.69, 9.17) is 23.2 Å². The van der Waals surface area contributed by atoms with Crippen LogP contribution in [0.2, 0.25) is 10.0 Å². The van der Waals surface area contributed by atoms with Crippen molar-refractivity contribution in [2.75, 3.05) is 0 Å². The number of nitrogens with zero attached hydrogens (tertiary/aromatic N) is 2. The molecule has 1 heterocycles. The van der Waals surface area contributed by atoms with Crippen LogP contribution in [0.15, 0.2) is 65.5 Å². The van der Waals surface area contributed by atoms with Crippen LogP contribution >= 0.6 is 23.2 Å². The summed E-state index contributed by atoms with van der Waals surface area (Å²) in [5.41, 5.74) is 0.169. The highest BCUT2D eigenvalue weighted by Gasteiger charge is 2.24. The average molecular weight is 361 g/mol. The van der Waals surface area contributed by atoms with Gasteiger partial charge in [-0.05, 0) is 35.9 Å². The molecule has 24 heavy (non-hydrogen) atoms. The summed E-state index contributed by atoms with van der Waals surface area (Å²) in [6.45, 7) is 0. The third kappa shape index (κ3) is 2.91. The van der Waals surface area contributed by atoms with Crippen molar-refractivity contribution in [2.24, 2.45) is 0 Å². The molecular weight excluding hydrogens is 351 g/mol. The summed E-state index contributed by atoms with van der Waals surface area (Å²) in [4.78, 5) is 23.2. The fourth-order valence-corrected chi connectivity index (χ4v) is 2.78. The number of halogens is 2. The van der Waals surface area contributed by atoms with Gasteiger partial charge in [-0.3, -0.25) is 19.5 Å². The molecule has 0 amide bonds. The fraction of sp³-hybridized carbons (Fsp3) is 0. The van der Waals surface area contributed by atoms with Gasteiger partial charge in [-0.1, -0.05) is 53.5 Å². The van der Waals surface area contributed by atoms with Crippen LogP contribution in [0.5, 0.6) is 0 Å². The second-order valence-electron chi connectivity index (χ2n) is 4.97. The second kappa shape index (κ2) is 6.47. The van der Waals surface area contributed by atoms with E-state index in [0.29, 0.717) is 22.0 Å². The van der Waals surface area contributed by atoms with Crippen molar-refractivity contribution in [3.05, 3.63) is 91.2 Å². The van der Waals surface area contributed by atoms with Crippen LogP contribution in [-0.4, -0.2) is 9.49 Å². The minimum absolute atomic E-state index is 0.200. The van der Waals surface area contributed by atoms with Crippen LogP contribution in [0.3, 0.4) is 0 Å². The van der Waals surface area contributed by atoms with E-state index in [-0.39, 0.29) is 5.02 Å². The Balaban J connectivity index is 2.39. The minimum Gasteiger partial charge on any atom is -0.271 e. The Kier molecular flexibility index (Phi) is 4.38. The molecule has 3 rings (SSSR count). The van der Waals surface area contributed by atoms with Crippen LogP contribution in [-0.2, 0) is 0 Å². The summed E-state index contributed by atoms with van der Waals surface area (Å²) in [6.07, 6.45) is 0. The Morgan fingerprint density at radius 2 is 1.58 bits per heavy atom. The van der Waals surface area contributed by atoms with Gasteiger partial charge >= 0.3 is 11.2 Å². The van der Waals surface area contributed by atoms with Crippen molar-refractivity contribution in [1.29, 1.82) is 0 Å². The molecule has 7 heteroatoms. The monoisotopic (exact) mass is 360 g/mol. The molecule has 1 aromatic heterocycles. The zero-order valence-corrected chi connectivity index (χ0v) is 13.7. The molecule has 5 nitrogen and oxygen atoms in total. The molecular formula is C17H10Cl2N2O3. The van der Waals surface area contributed by atoms with E-state index >= 15 is 0 Å². The fourth-order valence-electron chi connectivity index (χ4n) is 2.40. The van der Waals surface area contributed by atoms with Gasteiger partial charge in [0.25, 0.3) is 0 Å². The van der Waals surface area contributed by atoms with Crippen LogP contribution in [0, 0.1) is 10.1 Å². The number of pyridine rings is 1. The van der Waals surface area contributed by atoms with Gasteiger partial charge in [0.05, 0.1) is 10.6 Å². The van der Waals surface area contributed by atoms with Crippen LogP contribution in [0.4, 0.5) is 5.69 Å². The molecule has 0 aliphatic rings. The Morgan fingerprint density at radius 3 is 2.17 bits per heavy atom. The van der Waals surface area contributed by atoms with Crippen LogP contribution in [0.25, 0.3) is 16.9 Å². The highest BCUT2D eigenvalue weighted by Crippen LogP contribution is 2.29. The second-order valence-corrected chi connectivity index (χ2v) is 5.81. The first-order valence-corrected chi connectivity index (χ1v) is 7.66. The van der Waals surface area contributed by atoms with Crippen molar-refractivity contribution in [3.63, 3.8) is 0 Å². The highest BCUT2D eigenvalue weighted by molar-refractivity contribution is 6.32. The highest BCUT2D eigenvalue weighted by atomic mass is 35.5. The average Bonchev–Trinajstić information content (AvgIpc) is 2.56. The molecule has 0 atom stereocenters. The van der Waals surface area contributed by atoms with Gasteiger partial charge in [-0.2, -0.15) is 0 Å². The summed E-state index contributed by atoms with van der Waals surface area (Å²) in [5, 5.41) is 11.5. The number of aromatic nitrogens is 1. The van der Waals surface area contributed by atoms with E-state index in [1.807, 2.05) is 6.07 Å². The van der Waals surface area contributed by atoms with Crippen LogP contribution < -0.4 is 5.56 Å². The van der Waals surface area contributed by atoms with E-state index in [9.17, 15) is 14.9 Å². The molecule has 0 saturated heterocycles. The first-order chi connectivity index (χ1) is 11.5. The van der Waals surface area contributed by atoms with Crippen molar-refractivity contribution in [1.82, 2.24) is 4.57 Å². The summed E-state index contributed by atoms with van der Waals surface area (Å²) >= 11 is 11.9. The van der Waals surface area contributed by atoms with Gasteiger partial charge in [0.1, 0.15) is 5.02 Å². The first kappa shape index (κ1) is 16.2. The molecule has 0 fully saturated rings. The Hall–Kier alpha value is -2.63. The van der Waals surface area contributed by atoms with Gasteiger partial charge in [0.2, 0.25) is 0 Å². The van der Waals surface area contributed by atoms with Gasteiger partial charge in [-0.25, -0.2) is 0 Å². The third-order valence-electron chi connectivity index (χ3n) is 3.47. The van der Waals surface area contributed by atoms with Crippen molar-refractivity contribution < 1.29 is 4.92 Å². The van der Waals surface area contributed by atoms with Crippen LogP contribution in [0.1, 0.15) is 0 Å². The summed E-state index contributed by atoms with van der Waals surface area (Å²) in [6, 6.07) is 16.9. The summed E-state index contributed by atoms with van der Waals surface area (Å²) in [7, 11) is 0. The molecule has 0 bridgehead atoms. The SMILES string of the molecule is O=c1c([N+](=O)[O-])c(Cl)cc(-c2ccccc2)n1-c1ccc(Cl)cc1. The van der Waals surface area contributed by atoms with E-state index in [1.54, 1.807) is 48.5 Å². The topological polar surface area (TPSA) is 65.1 Å². The first-order valence-electron chi connectivity index (χ1n) is 6.90. The number of benzene rings is 2. The Bertz CT molecular complexity index is 968. The molecule has 0 saturated carbocycles. The van der Waals surface area contributed by atoms with E-state index in [0.717, 1.165) is 0 Å². The van der Waals surface area contributed by atoms with E-state index in [2.05, 4.69) is 0 Å². The van der Waals surface area contributed by atoms with Gasteiger partial charge in [0, 0.05) is 10.7 Å². The lowest BCUT2D eigenvalue weighted by Gasteiger charge is -2.14.